The van der Waals surface area contributed by atoms with Crippen molar-refractivity contribution in [1.82, 2.24) is 15.0 Å². The van der Waals surface area contributed by atoms with Crippen LogP contribution in [-0.4, -0.2) is 21.7 Å². The molecule has 26 heavy (non-hydrogen) atoms. The molecule has 1 aromatic heterocycles. The van der Waals surface area contributed by atoms with Gasteiger partial charge in [0.25, 0.3) is 0 Å². The summed E-state index contributed by atoms with van der Waals surface area (Å²) in [5.41, 5.74) is 6.83. The van der Waals surface area contributed by atoms with Gasteiger partial charge in [-0.25, -0.2) is 10.4 Å². The third-order valence-electron chi connectivity index (χ3n) is 4.44. The SMILES string of the molecule is CC(C)c1ccc(/C=N\NC(=O)[C@@H](C)Cn2cnc3ccccc32)cc1. The van der Waals surface area contributed by atoms with Crippen LogP contribution in [0.2, 0.25) is 0 Å². The maximum atomic E-state index is 12.3. The van der Waals surface area contributed by atoms with Crippen LogP contribution in [0.5, 0.6) is 0 Å². The molecule has 0 fully saturated rings. The van der Waals surface area contributed by atoms with Gasteiger partial charge in [-0.2, -0.15) is 5.10 Å². The van der Waals surface area contributed by atoms with Gasteiger partial charge < -0.3 is 4.57 Å². The Kier molecular flexibility index (Phi) is 5.46. The summed E-state index contributed by atoms with van der Waals surface area (Å²) in [5, 5.41) is 4.08. The highest BCUT2D eigenvalue weighted by atomic mass is 16.2. The molecule has 0 bridgehead atoms. The lowest BCUT2D eigenvalue weighted by atomic mass is 10.0. The lowest BCUT2D eigenvalue weighted by Crippen LogP contribution is -2.27. The average Bonchev–Trinajstić information content (AvgIpc) is 3.05. The number of hydrogen-bond acceptors (Lipinski definition) is 3. The van der Waals surface area contributed by atoms with Crippen LogP contribution >= 0.6 is 0 Å². The Morgan fingerprint density at radius 2 is 1.88 bits per heavy atom. The van der Waals surface area contributed by atoms with Gasteiger partial charge in [0.05, 0.1) is 29.5 Å². The zero-order valence-electron chi connectivity index (χ0n) is 15.4. The second-order valence-corrected chi connectivity index (χ2v) is 6.84. The fourth-order valence-corrected chi connectivity index (χ4v) is 2.78. The maximum Gasteiger partial charge on any atom is 0.244 e. The number of imidazole rings is 1. The predicted molar refractivity (Wildman–Crippen MR) is 105 cm³/mol. The van der Waals surface area contributed by atoms with Gasteiger partial charge in [-0.1, -0.05) is 57.2 Å². The van der Waals surface area contributed by atoms with E-state index in [1.54, 1.807) is 12.5 Å². The third-order valence-corrected chi connectivity index (χ3v) is 4.44. The van der Waals surface area contributed by atoms with E-state index >= 15 is 0 Å². The molecule has 1 N–H and O–H groups in total. The highest BCUT2D eigenvalue weighted by Gasteiger charge is 2.14. The van der Waals surface area contributed by atoms with Crippen molar-refractivity contribution in [1.29, 1.82) is 0 Å². The van der Waals surface area contributed by atoms with Crippen LogP contribution in [0.3, 0.4) is 0 Å². The molecule has 0 saturated carbocycles. The van der Waals surface area contributed by atoms with Crippen LogP contribution in [0.25, 0.3) is 11.0 Å². The summed E-state index contributed by atoms with van der Waals surface area (Å²) in [7, 11) is 0. The van der Waals surface area contributed by atoms with Gasteiger partial charge in [-0.05, 0) is 29.2 Å². The maximum absolute atomic E-state index is 12.3. The Balaban J connectivity index is 1.57. The van der Waals surface area contributed by atoms with Gasteiger partial charge >= 0.3 is 0 Å². The minimum atomic E-state index is -0.215. The topological polar surface area (TPSA) is 59.3 Å². The smallest absolute Gasteiger partial charge is 0.244 e. The predicted octanol–water partition coefficient (Wildman–Crippen LogP) is 3.95. The first-order valence-corrected chi connectivity index (χ1v) is 8.87. The first-order chi connectivity index (χ1) is 12.5. The summed E-state index contributed by atoms with van der Waals surface area (Å²) < 4.78 is 1.99. The van der Waals surface area contributed by atoms with E-state index in [1.165, 1.54) is 5.56 Å². The summed E-state index contributed by atoms with van der Waals surface area (Å²) >= 11 is 0. The standard InChI is InChI=1S/C21H24N4O/c1-15(2)18-10-8-17(9-11-18)12-23-24-21(26)16(3)13-25-14-22-19-6-4-5-7-20(19)25/h4-12,14-16H,13H2,1-3H3,(H,24,26)/b23-12-/t16-/m0/s1. The molecule has 0 radical (unpaired) electrons. The number of rotatable bonds is 6. The molecule has 1 amide bonds. The van der Waals surface area contributed by atoms with Crippen molar-refractivity contribution in [2.45, 2.75) is 33.2 Å². The molecule has 2 aromatic carbocycles. The van der Waals surface area contributed by atoms with E-state index in [0.717, 1.165) is 16.6 Å². The number of nitrogens with zero attached hydrogens (tertiary/aromatic N) is 3. The number of para-hydroxylation sites is 2. The van der Waals surface area contributed by atoms with Crippen LogP contribution in [0.1, 0.15) is 37.8 Å². The normalized spacial score (nSPS) is 12.8. The first kappa shape index (κ1) is 17.9. The van der Waals surface area contributed by atoms with Crippen LogP contribution in [-0.2, 0) is 11.3 Å². The van der Waals surface area contributed by atoms with Gasteiger partial charge in [-0.15, -0.1) is 0 Å². The molecule has 5 nitrogen and oxygen atoms in total. The molecule has 1 heterocycles. The minimum absolute atomic E-state index is 0.113. The Labute approximate surface area is 153 Å². The molecular formula is C21H24N4O. The van der Waals surface area contributed by atoms with E-state index in [1.807, 2.05) is 47.9 Å². The van der Waals surface area contributed by atoms with Gasteiger partial charge in [-0.3, -0.25) is 4.79 Å². The van der Waals surface area contributed by atoms with Gasteiger partial charge in [0.1, 0.15) is 0 Å². The van der Waals surface area contributed by atoms with Crippen molar-refractivity contribution < 1.29 is 4.79 Å². The van der Waals surface area contributed by atoms with Crippen molar-refractivity contribution in [2.75, 3.05) is 0 Å². The zero-order chi connectivity index (χ0) is 18.5. The number of carbonyl (C=O) groups is 1. The minimum Gasteiger partial charge on any atom is -0.330 e. The van der Waals surface area contributed by atoms with Crippen LogP contribution in [0.4, 0.5) is 0 Å². The van der Waals surface area contributed by atoms with E-state index in [9.17, 15) is 4.79 Å². The number of fused-ring (bicyclic) bond motifs is 1. The number of hydrazone groups is 1. The molecule has 0 aliphatic heterocycles. The van der Waals surface area contributed by atoms with Crippen molar-refractivity contribution >= 4 is 23.2 Å². The van der Waals surface area contributed by atoms with Crippen molar-refractivity contribution in [3.63, 3.8) is 0 Å². The first-order valence-electron chi connectivity index (χ1n) is 8.87. The Morgan fingerprint density at radius 1 is 1.15 bits per heavy atom. The molecule has 0 spiro atoms. The summed E-state index contributed by atoms with van der Waals surface area (Å²) in [6.07, 6.45) is 3.44. The number of amides is 1. The fraction of sp³-hybridized carbons (Fsp3) is 0.286. The molecule has 1 atom stereocenters. The van der Waals surface area contributed by atoms with Crippen molar-refractivity contribution in [3.05, 3.63) is 66.0 Å². The average molecular weight is 348 g/mol. The molecule has 0 aliphatic rings. The number of nitrogens with one attached hydrogen (secondary N) is 1. The van der Waals surface area contributed by atoms with Gasteiger partial charge in [0.2, 0.25) is 5.91 Å². The van der Waals surface area contributed by atoms with E-state index < -0.39 is 0 Å². The third kappa shape index (κ3) is 4.17. The molecule has 0 saturated heterocycles. The lowest BCUT2D eigenvalue weighted by molar-refractivity contribution is -0.124. The molecule has 134 valence electrons. The van der Waals surface area contributed by atoms with Gasteiger partial charge in [0.15, 0.2) is 0 Å². The zero-order valence-corrected chi connectivity index (χ0v) is 15.4. The molecule has 0 aliphatic carbocycles. The molecule has 3 rings (SSSR count). The highest BCUT2D eigenvalue weighted by molar-refractivity contribution is 5.83. The number of aromatic nitrogens is 2. The van der Waals surface area contributed by atoms with E-state index in [4.69, 9.17) is 0 Å². The monoisotopic (exact) mass is 348 g/mol. The van der Waals surface area contributed by atoms with Crippen molar-refractivity contribution in [2.24, 2.45) is 11.0 Å². The highest BCUT2D eigenvalue weighted by Crippen LogP contribution is 2.15. The Bertz CT molecular complexity index is 909. The summed E-state index contributed by atoms with van der Waals surface area (Å²) in [6.45, 7) is 6.77. The summed E-state index contributed by atoms with van der Waals surface area (Å²) in [4.78, 5) is 16.6. The number of hydrogen-bond donors (Lipinski definition) is 1. The Hall–Kier alpha value is -2.95. The molecule has 0 unspecified atom stereocenters. The number of benzene rings is 2. The van der Waals surface area contributed by atoms with E-state index in [-0.39, 0.29) is 11.8 Å². The summed E-state index contributed by atoms with van der Waals surface area (Å²) in [6, 6.07) is 16.1. The van der Waals surface area contributed by atoms with Crippen LogP contribution < -0.4 is 5.43 Å². The Morgan fingerprint density at radius 3 is 2.62 bits per heavy atom. The molecule has 5 heteroatoms. The molecule has 3 aromatic rings. The van der Waals surface area contributed by atoms with Crippen LogP contribution in [0, 0.1) is 5.92 Å². The molecular weight excluding hydrogens is 324 g/mol. The van der Waals surface area contributed by atoms with Crippen molar-refractivity contribution in [3.8, 4) is 0 Å². The largest absolute Gasteiger partial charge is 0.330 e. The lowest BCUT2D eigenvalue weighted by Gasteiger charge is -2.11. The van der Waals surface area contributed by atoms with E-state index in [2.05, 4.69) is 41.5 Å². The van der Waals surface area contributed by atoms with E-state index in [0.29, 0.717) is 12.5 Å². The quantitative estimate of drug-likeness (QED) is 0.542. The van der Waals surface area contributed by atoms with Gasteiger partial charge in [0, 0.05) is 6.54 Å². The fourth-order valence-electron chi connectivity index (χ4n) is 2.78. The second kappa shape index (κ2) is 7.95. The number of carbonyl (C=O) groups excluding carboxylic acids is 1. The van der Waals surface area contributed by atoms with Crippen LogP contribution in [0.15, 0.2) is 60.0 Å². The second-order valence-electron chi connectivity index (χ2n) is 6.84. The summed E-state index contributed by atoms with van der Waals surface area (Å²) in [5.74, 6) is 0.173.